The number of ether oxygens (including phenoxy) is 1. The van der Waals surface area contributed by atoms with Crippen molar-refractivity contribution in [2.24, 2.45) is 0 Å². The maximum atomic E-state index is 14.6. The van der Waals surface area contributed by atoms with E-state index in [1.54, 1.807) is 25.4 Å². The molecule has 8 nitrogen and oxygen atoms in total. The molecule has 0 spiro atoms. The summed E-state index contributed by atoms with van der Waals surface area (Å²) in [5, 5.41) is 26.6. The van der Waals surface area contributed by atoms with Crippen molar-refractivity contribution in [1.82, 2.24) is 24.3 Å². The monoisotopic (exact) mass is 397 g/mol. The van der Waals surface area contributed by atoms with Crippen molar-refractivity contribution in [3.8, 4) is 29.1 Å². The summed E-state index contributed by atoms with van der Waals surface area (Å²) in [6, 6.07) is 2.68. The van der Waals surface area contributed by atoms with E-state index in [4.69, 9.17) is 10.00 Å². The van der Waals surface area contributed by atoms with Gasteiger partial charge < -0.3 is 9.64 Å². The van der Waals surface area contributed by atoms with Crippen LogP contribution in [0.25, 0.3) is 16.6 Å². The van der Waals surface area contributed by atoms with Gasteiger partial charge >= 0.3 is 0 Å². The number of hydrogen-bond donors (Lipinski definition) is 0. The first-order chi connectivity index (χ1) is 13.9. The Bertz CT molecular complexity index is 1170. The number of aromatic nitrogens is 4. The molecule has 29 heavy (non-hydrogen) atoms. The van der Waals surface area contributed by atoms with Crippen molar-refractivity contribution in [3.63, 3.8) is 0 Å². The summed E-state index contributed by atoms with van der Waals surface area (Å²) >= 11 is 0. The predicted molar refractivity (Wildman–Crippen MR) is 98.2 cm³/mol. The van der Waals surface area contributed by atoms with E-state index < -0.39 is 18.5 Å². The van der Waals surface area contributed by atoms with Crippen LogP contribution in [-0.4, -0.2) is 50.4 Å². The minimum atomic E-state index is -3.08. The predicted octanol–water partition coefficient (Wildman–Crippen LogP) is 2.75. The summed E-state index contributed by atoms with van der Waals surface area (Å²) in [5.74, 6) is -2.62. The van der Waals surface area contributed by atoms with Gasteiger partial charge in [0.15, 0.2) is 6.19 Å². The fourth-order valence-electron chi connectivity index (χ4n) is 3.80. The Morgan fingerprint density at radius 1 is 1.28 bits per heavy atom. The molecule has 10 heteroatoms. The number of nitriles is 2. The van der Waals surface area contributed by atoms with E-state index in [2.05, 4.69) is 16.3 Å². The minimum absolute atomic E-state index is 0.121. The molecule has 3 aromatic rings. The van der Waals surface area contributed by atoms with Crippen molar-refractivity contribution in [2.75, 3.05) is 20.2 Å². The zero-order chi connectivity index (χ0) is 20.8. The van der Waals surface area contributed by atoms with Gasteiger partial charge in [-0.2, -0.15) is 20.7 Å². The van der Waals surface area contributed by atoms with Gasteiger partial charge in [0.1, 0.15) is 28.9 Å². The van der Waals surface area contributed by atoms with Gasteiger partial charge in [0.25, 0.3) is 5.92 Å². The van der Waals surface area contributed by atoms with Gasteiger partial charge in [-0.05, 0) is 19.4 Å². The van der Waals surface area contributed by atoms with Crippen LogP contribution in [0.1, 0.15) is 23.7 Å². The number of hydrogen-bond acceptors (Lipinski definition) is 6. The van der Waals surface area contributed by atoms with Gasteiger partial charge in [-0.15, -0.1) is 0 Å². The number of alkyl halides is 2. The highest BCUT2D eigenvalue weighted by atomic mass is 19.3. The maximum absolute atomic E-state index is 14.6. The molecule has 0 aromatic carbocycles. The van der Waals surface area contributed by atoms with Crippen molar-refractivity contribution in [1.29, 1.82) is 10.5 Å². The second kappa shape index (κ2) is 6.74. The fourth-order valence-corrected chi connectivity index (χ4v) is 3.80. The molecule has 1 unspecified atom stereocenters. The molecular weight excluding hydrogens is 380 g/mol. The Hall–Kier alpha value is -3.66. The quantitative estimate of drug-likeness (QED) is 0.631. The van der Waals surface area contributed by atoms with E-state index in [1.807, 2.05) is 0 Å². The molecule has 1 aliphatic heterocycles. The zero-order valence-electron chi connectivity index (χ0n) is 15.8. The van der Waals surface area contributed by atoms with E-state index in [0.29, 0.717) is 33.7 Å². The van der Waals surface area contributed by atoms with Gasteiger partial charge in [0, 0.05) is 29.6 Å². The molecule has 1 saturated heterocycles. The third-order valence-electron chi connectivity index (χ3n) is 5.27. The Morgan fingerprint density at radius 3 is 2.72 bits per heavy atom. The number of fused-ring (bicyclic) bond motifs is 1. The van der Waals surface area contributed by atoms with Crippen LogP contribution >= 0.6 is 0 Å². The molecule has 0 radical (unpaired) electrons. The first-order valence-corrected chi connectivity index (χ1v) is 8.92. The molecule has 1 aliphatic rings. The van der Waals surface area contributed by atoms with Crippen LogP contribution in [0.3, 0.4) is 0 Å². The van der Waals surface area contributed by atoms with Gasteiger partial charge in [0.05, 0.1) is 26.0 Å². The molecule has 4 heterocycles. The Balaban J connectivity index is 1.77. The highest BCUT2D eigenvalue weighted by Gasteiger charge is 2.46. The van der Waals surface area contributed by atoms with Crippen molar-refractivity contribution < 1.29 is 13.5 Å². The molecule has 0 bridgehead atoms. The van der Waals surface area contributed by atoms with Crippen LogP contribution < -0.4 is 4.74 Å². The summed E-state index contributed by atoms with van der Waals surface area (Å²) < 4.78 is 37.6. The first kappa shape index (κ1) is 18.7. The Labute approximate surface area is 165 Å². The van der Waals surface area contributed by atoms with Crippen LogP contribution in [0.4, 0.5) is 8.78 Å². The third kappa shape index (κ3) is 2.93. The molecule has 0 aliphatic carbocycles. The average Bonchev–Trinajstić information content (AvgIpc) is 3.29. The maximum Gasteiger partial charge on any atom is 0.287 e. The Morgan fingerprint density at radius 2 is 2.07 bits per heavy atom. The summed E-state index contributed by atoms with van der Waals surface area (Å²) in [6.07, 6.45) is 6.61. The summed E-state index contributed by atoms with van der Waals surface area (Å²) in [7, 11) is 1.49. The molecule has 1 fully saturated rings. The van der Waals surface area contributed by atoms with Crippen molar-refractivity contribution >= 4 is 5.52 Å². The minimum Gasteiger partial charge on any atom is -0.494 e. The van der Waals surface area contributed by atoms with Crippen molar-refractivity contribution in [2.45, 2.75) is 25.3 Å². The van der Waals surface area contributed by atoms with Crippen molar-refractivity contribution in [3.05, 3.63) is 35.9 Å². The highest BCUT2D eigenvalue weighted by Crippen LogP contribution is 2.39. The third-order valence-corrected chi connectivity index (χ3v) is 5.27. The molecular formula is C19H17F2N7O. The highest BCUT2D eigenvalue weighted by molar-refractivity contribution is 5.75. The van der Waals surface area contributed by atoms with Crippen LogP contribution in [0.15, 0.2) is 24.7 Å². The van der Waals surface area contributed by atoms with Gasteiger partial charge in [-0.25, -0.2) is 13.3 Å². The van der Waals surface area contributed by atoms with Gasteiger partial charge in [-0.3, -0.25) is 4.68 Å². The van der Waals surface area contributed by atoms with E-state index in [-0.39, 0.29) is 13.0 Å². The number of halogens is 2. The first-order valence-electron chi connectivity index (χ1n) is 8.92. The molecule has 4 rings (SSSR count). The normalized spacial score (nSPS) is 18.4. The van der Waals surface area contributed by atoms with Crippen LogP contribution in [0.2, 0.25) is 0 Å². The molecule has 0 N–H and O–H groups in total. The summed E-state index contributed by atoms with van der Waals surface area (Å²) in [4.78, 5) is 1.07. The van der Waals surface area contributed by atoms with E-state index >= 15 is 0 Å². The second-order valence-corrected chi connectivity index (χ2v) is 6.94. The lowest BCUT2D eigenvalue weighted by Gasteiger charge is -2.36. The second-order valence-electron chi connectivity index (χ2n) is 6.94. The van der Waals surface area contributed by atoms with Crippen LogP contribution in [0, 0.1) is 29.7 Å². The topological polar surface area (TPSA) is 95.2 Å². The van der Waals surface area contributed by atoms with Crippen LogP contribution in [0.5, 0.6) is 5.75 Å². The van der Waals surface area contributed by atoms with Gasteiger partial charge in [-0.1, -0.05) is 0 Å². The Kier molecular flexibility index (Phi) is 4.35. The summed E-state index contributed by atoms with van der Waals surface area (Å²) in [6.45, 7) is 1.37. The van der Waals surface area contributed by atoms with E-state index in [0.717, 1.165) is 4.90 Å². The zero-order valence-corrected chi connectivity index (χ0v) is 15.8. The average molecular weight is 397 g/mol. The molecule has 0 amide bonds. The lowest BCUT2D eigenvalue weighted by atomic mass is 10.0. The van der Waals surface area contributed by atoms with E-state index in [1.165, 1.54) is 28.7 Å². The van der Waals surface area contributed by atoms with Gasteiger partial charge in [0.2, 0.25) is 0 Å². The fraction of sp³-hybridized carbons (Fsp3) is 0.368. The molecule has 3 aromatic heterocycles. The molecule has 148 valence electrons. The van der Waals surface area contributed by atoms with E-state index in [9.17, 15) is 14.0 Å². The molecule has 0 saturated carbocycles. The lowest BCUT2D eigenvalue weighted by Crippen LogP contribution is -2.47. The summed E-state index contributed by atoms with van der Waals surface area (Å²) in [5.41, 5.74) is 2.85. The lowest BCUT2D eigenvalue weighted by molar-refractivity contribution is -0.0957. The van der Waals surface area contributed by atoms with Crippen LogP contribution in [-0.2, 0) is 0 Å². The number of piperidine rings is 1. The molecule has 1 atom stereocenters. The largest absolute Gasteiger partial charge is 0.494 e. The number of methoxy groups -OCH3 is 1. The SMILES string of the molecule is COc1cc(-c2cnn(C3CCN(C#N)CC3(F)F)c2C)cn2ncc(C#N)c12. The number of nitrogens with zero attached hydrogens (tertiary/aromatic N) is 7. The standard InChI is InChI=1S/C19H17F2N7O/c1-12-15(8-25-28(12)17-3-4-26(11-23)10-19(17,20)21)13-5-16(29-2)18-14(6-22)7-24-27(18)9-13/h5,7-9,17H,3-4,10H2,1-2H3. The smallest absolute Gasteiger partial charge is 0.287 e. The number of rotatable bonds is 3. The number of pyridine rings is 1. The number of likely N-dealkylation sites (tertiary alicyclic amines) is 1.